The molecule has 26 heavy (non-hydrogen) atoms. The summed E-state index contributed by atoms with van der Waals surface area (Å²) < 4.78 is 0. The lowest BCUT2D eigenvalue weighted by atomic mass is 10.2. The fourth-order valence-electron chi connectivity index (χ4n) is 3.47. The van der Waals surface area contributed by atoms with Gasteiger partial charge in [-0.3, -0.25) is 9.78 Å². The number of nitrogens with zero attached hydrogens (tertiary/aromatic N) is 2. The molecule has 0 spiro atoms. The molecule has 1 aliphatic rings. The number of benzene rings is 1. The second-order valence-electron chi connectivity index (χ2n) is 6.73. The summed E-state index contributed by atoms with van der Waals surface area (Å²) in [5.41, 5.74) is 3.54. The number of hydrogen-bond acceptors (Lipinski definition) is 4. The van der Waals surface area contributed by atoms with Crippen molar-refractivity contribution in [1.29, 1.82) is 0 Å². The number of carbonyl (C=O) groups excluding carboxylic acids is 1. The normalized spacial score (nSPS) is 14.2. The van der Waals surface area contributed by atoms with Crippen LogP contribution in [0.15, 0.2) is 42.6 Å². The Morgan fingerprint density at radius 2 is 1.77 bits per heavy atom. The number of pyridine rings is 1. The molecule has 1 aliphatic carbocycles. The fourth-order valence-corrected chi connectivity index (χ4v) is 3.47. The molecule has 0 aliphatic heterocycles. The molecule has 5 nitrogen and oxygen atoms in total. The summed E-state index contributed by atoms with van der Waals surface area (Å²) in [6.45, 7) is 6.30. The van der Waals surface area contributed by atoms with Crippen LogP contribution in [0.3, 0.4) is 0 Å². The first-order chi connectivity index (χ1) is 12.7. The van der Waals surface area contributed by atoms with Gasteiger partial charge in [-0.05, 0) is 63.1 Å². The Bertz CT molecular complexity index is 719. The summed E-state index contributed by atoms with van der Waals surface area (Å²) in [5.74, 6) is -0.0857. The number of rotatable bonds is 7. The van der Waals surface area contributed by atoms with Crippen molar-refractivity contribution in [3.05, 3.63) is 48.3 Å². The summed E-state index contributed by atoms with van der Waals surface area (Å²) in [6, 6.07) is 12.3. The Hall–Kier alpha value is -2.56. The van der Waals surface area contributed by atoms with Crippen LogP contribution in [-0.4, -0.2) is 30.0 Å². The highest BCUT2D eigenvalue weighted by Crippen LogP contribution is 2.22. The average Bonchev–Trinajstić information content (AvgIpc) is 3.17. The van der Waals surface area contributed by atoms with E-state index in [2.05, 4.69) is 58.6 Å². The molecule has 5 heteroatoms. The Labute approximate surface area is 155 Å². The summed E-state index contributed by atoms with van der Waals surface area (Å²) in [6.07, 6.45) is 6.22. The minimum absolute atomic E-state index is 0.0857. The van der Waals surface area contributed by atoms with Crippen LogP contribution in [0, 0.1) is 0 Å². The van der Waals surface area contributed by atoms with Crippen molar-refractivity contribution in [3.8, 4) is 0 Å². The molecule has 1 fully saturated rings. The van der Waals surface area contributed by atoms with E-state index in [1.807, 2.05) is 12.1 Å². The molecule has 0 bridgehead atoms. The van der Waals surface area contributed by atoms with Crippen molar-refractivity contribution in [1.82, 2.24) is 10.3 Å². The van der Waals surface area contributed by atoms with Crippen LogP contribution >= 0.6 is 0 Å². The average molecular weight is 352 g/mol. The predicted molar refractivity (Wildman–Crippen MR) is 107 cm³/mol. The molecule has 138 valence electrons. The zero-order chi connectivity index (χ0) is 18.4. The smallest absolute Gasteiger partial charge is 0.270 e. The number of carbonyl (C=O) groups is 1. The highest BCUT2D eigenvalue weighted by Gasteiger charge is 2.18. The van der Waals surface area contributed by atoms with Gasteiger partial charge in [0.25, 0.3) is 5.91 Å². The molecule has 1 heterocycles. The number of nitrogens with one attached hydrogen (secondary N) is 2. The molecule has 0 radical (unpaired) electrons. The Balaban J connectivity index is 1.65. The maximum absolute atomic E-state index is 12.4. The van der Waals surface area contributed by atoms with Gasteiger partial charge in [-0.25, -0.2) is 0 Å². The number of anilines is 3. The standard InChI is InChI=1S/C21H28N4O/c1-3-25(4-2)19-11-9-17(10-12-19)23-18-13-14-22-20(15-18)21(26)24-16-7-5-6-8-16/h9-16H,3-8H2,1-2H3,(H,22,23)(H,24,26). The summed E-state index contributed by atoms with van der Waals surface area (Å²) in [4.78, 5) is 18.9. The highest BCUT2D eigenvalue weighted by atomic mass is 16.1. The topological polar surface area (TPSA) is 57.3 Å². The number of amides is 1. The zero-order valence-corrected chi connectivity index (χ0v) is 15.7. The largest absolute Gasteiger partial charge is 0.372 e. The molecule has 2 aromatic rings. The van der Waals surface area contributed by atoms with E-state index in [4.69, 9.17) is 0 Å². The second-order valence-corrected chi connectivity index (χ2v) is 6.73. The summed E-state index contributed by atoms with van der Waals surface area (Å²) in [5, 5.41) is 6.44. The predicted octanol–water partition coefficient (Wildman–Crippen LogP) is 4.34. The molecule has 0 saturated heterocycles. The van der Waals surface area contributed by atoms with Gasteiger partial charge in [0.15, 0.2) is 0 Å². The van der Waals surface area contributed by atoms with Crippen molar-refractivity contribution in [2.75, 3.05) is 23.3 Å². The molecular formula is C21H28N4O. The fraction of sp³-hybridized carbons (Fsp3) is 0.429. The third-order valence-corrected chi connectivity index (χ3v) is 4.97. The van der Waals surface area contributed by atoms with Gasteiger partial charge in [0.05, 0.1) is 0 Å². The van der Waals surface area contributed by atoms with Gasteiger partial charge in [0.2, 0.25) is 0 Å². The SMILES string of the molecule is CCN(CC)c1ccc(Nc2ccnc(C(=O)NC3CCCC3)c2)cc1. The van der Waals surface area contributed by atoms with Gasteiger partial charge in [0, 0.05) is 42.4 Å². The monoisotopic (exact) mass is 352 g/mol. The summed E-state index contributed by atoms with van der Waals surface area (Å²) in [7, 11) is 0. The van der Waals surface area contributed by atoms with E-state index >= 15 is 0 Å². The van der Waals surface area contributed by atoms with Crippen LogP contribution < -0.4 is 15.5 Å². The van der Waals surface area contributed by atoms with Crippen LogP contribution in [0.2, 0.25) is 0 Å². The quantitative estimate of drug-likeness (QED) is 0.778. The second kappa shape index (κ2) is 8.70. The van der Waals surface area contributed by atoms with Gasteiger partial charge < -0.3 is 15.5 Å². The first kappa shape index (κ1) is 18.2. The first-order valence-electron chi connectivity index (χ1n) is 9.58. The van der Waals surface area contributed by atoms with Crippen LogP contribution in [0.1, 0.15) is 50.0 Å². The van der Waals surface area contributed by atoms with E-state index in [0.717, 1.165) is 37.3 Å². The number of hydrogen-bond donors (Lipinski definition) is 2. The molecule has 2 N–H and O–H groups in total. The Kier molecular flexibility index (Phi) is 6.10. The lowest BCUT2D eigenvalue weighted by molar-refractivity contribution is 0.0933. The van der Waals surface area contributed by atoms with Gasteiger partial charge >= 0.3 is 0 Å². The molecule has 3 rings (SSSR count). The van der Waals surface area contributed by atoms with Crippen LogP contribution in [0.4, 0.5) is 17.1 Å². The third kappa shape index (κ3) is 4.54. The van der Waals surface area contributed by atoms with E-state index in [9.17, 15) is 4.79 Å². The van der Waals surface area contributed by atoms with Crippen LogP contribution in [0.25, 0.3) is 0 Å². The molecule has 1 amide bonds. The third-order valence-electron chi connectivity index (χ3n) is 4.97. The van der Waals surface area contributed by atoms with Gasteiger partial charge in [-0.2, -0.15) is 0 Å². The van der Waals surface area contributed by atoms with Gasteiger partial charge in [-0.1, -0.05) is 12.8 Å². The van der Waals surface area contributed by atoms with Crippen molar-refractivity contribution in [3.63, 3.8) is 0 Å². The van der Waals surface area contributed by atoms with Gasteiger partial charge in [-0.15, -0.1) is 0 Å². The Morgan fingerprint density at radius 3 is 2.42 bits per heavy atom. The van der Waals surface area contributed by atoms with Crippen molar-refractivity contribution in [2.45, 2.75) is 45.6 Å². The van der Waals surface area contributed by atoms with E-state index in [1.165, 1.54) is 18.5 Å². The number of aromatic nitrogens is 1. The minimum Gasteiger partial charge on any atom is -0.372 e. The van der Waals surface area contributed by atoms with E-state index in [0.29, 0.717) is 11.7 Å². The molecule has 0 atom stereocenters. The van der Waals surface area contributed by atoms with E-state index in [-0.39, 0.29) is 5.91 Å². The lowest BCUT2D eigenvalue weighted by Gasteiger charge is -2.21. The molecule has 1 aromatic heterocycles. The lowest BCUT2D eigenvalue weighted by Crippen LogP contribution is -2.33. The zero-order valence-electron chi connectivity index (χ0n) is 15.7. The van der Waals surface area contributed by atoms with Crippen LogP contribution in [-0.2, 0) is 0 Å². The first-order valence-corrected chi connectivity index (χ1v) is 9.58. The van der Waals surface area contributed by atoms with Crippen molar-refractivity contribution in [2.24, 2.45) is 0 Å². The maximum atomic E-state index is 12.4. The van der Waals surface area contributed by atoms with Gasteiger partial charge in [0.1, 0.15) is 5.69 Å². The maximum Gasteiger partial charge on any atom is 0.270 e. The van der Waals surface area contributed by atoms with Crippen molar-refractivity contribution >= 4 is 23.0 Å². The van der Waals surface area contributed by atoms with E-state index < -0.39 is 0 Å². The molecular weight excluding hydrogens is 324 g/mol. The van der Waals surface area contributed by atoms with Crippen LogP contribution in [0.5, 0.6) is 0 Å². The highest BCUT2D eigenvalue weighted by molar-refractivity contribution is 5.93. The molecule has 0 unspecified atom stereocenters. The van der Waals surface area contributed by atoms with E-state index in [1.54, 1.807) is 6.20 Å². The minimum atomic E-state index is -0.0857. The summed E-state index contributed by atoms with van der Waals surface area (Å²) >= 11 is 0. The molecule has 1 saturated carbocycles. The van der Waals surface area contributed by atoms with Crippen molar-refractivity contribution < 1.29 is 4.79 Å². The Morgan fingerprint density at radius 1 is 1.08 bits per heavy atom. The molecule has 1 aromatic carbocycles.